The number of aromatic nitrogens is 2. The molecule has 4 N–H and O–H groups in total. The van der Waals surface area contributed by atoms with Gasteiger partial charge < -0.3 is 11.5 Å². The maximum atomic E-state index is 12.8. The summed E-state index contributed by atoms with van der Waals surface area (Å²) in [6.07, 6.45) is -3.29. The molecule has 0 atom stereocenters. The summed E-state index contributed by atoms with van der Waals surface area (Å²) in [7, 11) is 0. The van der Waals surface area contributed by atoms with Gasteiger partial charge in [0.1, 0.15) is 0 Å². The molecule has 20 heavy (non-hydrogen) atoms. The second kappa shape index (κ2) is 4.82. The van der Waals surface area contributed by atoms with Crippen LogP contribution in [0.25, 0.3) is 5.69 Å². The molecule has 1 aromatic heterocycles. The van der Waals surface area contributed by atoms with Crippen molar-refractivity contribution >= 4 is 27.5 Å². The molecule has 0 radical (unpaired) electrons. The SMILES string of the molecule is NC(=O)c1nn(-c2ccc(Br)c(C(F)(F)F)c2)cc1N. The molecule has 5 nitrogen and oxygen atoms in total. The van der Waals surface area contributed by atoms with Crippen LogP contribution in [0.2, 0.25) is 0 Å². The highest BCUT2D eigenvalue weighted by Crippen LogP contribution is 2.36. The van der Waals surface area contributed by atoms with E-state index in [4.69, 9.17) is 11.5 Å². The maximum absolute atomic E-state index is 12.8. The minimum absolute atomic E-state index is 0.00558. The Hall–Kier alpha value is -2.03. The van der Waals surface area contributed by atoms with E-state index in [-0.39, 0.29) is 21.5 Å². The highest BCUT2D eigenvalue weighted by molar-refractivity contribution is 9.10. The van der Waals surface area contributed by atoms with Crippen molar-refractivity contribution in [1.29, 1.82) is 0 Å². The van der Waals surface area contributed by atoms with Gasteiger partial charge in [-0.15, -0.1) is 0 Å². The lowest BCUT2D eigenvalue weighted by molar-refractivity contribution is -0.138. The molecular weight excluding hydrogens is 341 g/mol. The van der Waals surface area contributed by atoms with Gasteiger partial charge in [-0.2, -0.15) is 18.3 Å². The first-order valence-electron chi connectivity index (χ1n) is 5.22. The molecule has 0 bridgehead atoms. The predicted octanol–water partition coefficient (Wildman–Crippen LogP) is 2.33. The molecule has 0 unspecified atom stereocenters. The highest BCUT2D eigenvalue weighted by atomic mass is 79.9. The Morgan fingerprint density at radius 2 is 2.00 bits per heavy atom. The molecular formula is C11H8BrF3N4O. The number of alkyl halides is 3. The zero-order chi connectivity index (χ0) is 15.1. The molecule has 2 aromatic rings. The first kappa shape index (κ1) is 14.4. The third-order valence-electron chi connectivity index (χ3n) is 2.50. The number of halogens is 4. The fourth-order valence-corrected chi connectivity index (χ4v) is 2.06. The number of primary amides is 1. The standard InChI is InChI=1S/C11H8BrF3N4O/c12-7-2-1-5(3-6(7)11(13,14)15)19-4-8(16)9(18-19)10(17)20/h1-4H,16H2,(H2,17,20). The minimum Gasteiger partial charge on any atom is -0.396 e. The molecule has 0 aliphatic carbocycles. The molecule has 1 heterocycles. The van der Waals surface area contributed by atoms with Gasteiger partial charge in [0, 0.05) is 4.47 Å². The number of hydrogen-bond donors (Lipinski definition) is 2. The van der Waals surface area contributed by atoms with E-state index < -0.39 is 17.6 Å². The molecule has 1 amide bonds. The fourth-order valence-electron chi connectivity index (χ4n) is 1.58. The monoisotopic (exact) mass is 348 g/mol. The van der Waals surface area contributed by atoms with E-state index in [0.717, 1.165) is 10.7 Å². The topological polar surface area (TPSA) is 86.9 Å². The Morgan fingerprint density at radius 3 is 2.50 bits per heavy atom. The lowest BCUT2D eigenvalue weighted by Crippen LogP contribution is -2.14. The molecule has 0 spiro atoms. The van der Waals surface area contributed by atoms with Crippen LogP contribution < -0.4 is 11.5 Å². The number of hydrogen-bond acceptors (Lipinski definition) is 3. The van der Waals surface area contributed by atoms with Gasteiger partial charge in [-0.25, -0.2) is 4.68 Å². The van der Waals surface area contributed by atoms with Crippen molar-refractivity contribution < 1.29 is 18.0 Å². The van der Waals surface area contributed by atoms with Crippen LogP contribution in [0.5, 0.6) is 0 Å². The van der Waals surface area contributed by atoms with Crippen molar-refractivity contribution in [3.8, 4) is 5.69 Å². The molecule has 0 saturated carbocycles. The third-order valence-corrected chi connectivity index (χ3v) is 3.19. The Balaban J connectivity index is 2.54. The Morgan fingerprint density at radius 1 is 1.35 bits per heavy atom. The molecule has 0 fully saturated rings. The molecule has 0 aliphatic heterocycles. The summed E-state index contributed by atoms with van der Waals surface area (Å²) in [5, 5.41) is 3.77. The molecule has 106 valence electrons. The van der Waals surface area contributed by atoms with Crippen LogP contribution in [0, 0.1) is 0 Å². The van der Waals surface area contributed by atoms with E-state index in [0.29, 0.717) is 0 Å². The summed E-state index contributed by atoms with van der Waals surface area (Å²) < 4.78 is 39.4. The number of amides is 1. The van der Waals surface area contributed by atoms with E-state index in [1.54, 1.807) is 0 Å². The zero-order valence-electron chi connectivity index (χ0n) is 9.78. The van der Waals surface area contributed by atoms with Crippen LogP contribution in [0.3, 0.4) is 0 Å². The maximum Gasteiger partial charge on any atom is 0.417 e. The van der Waals surface area contributed by atoms with Crippen molar-refractivity contribution in [3.05, 3.63) is 40.1 Å². The predicted molar refractivity (Wildman–Crippen MR) is 69.2 cm³/mol. The van der Waals surface area contributed by atoms with Crippen molar-refractivity contribution in [3.63, 3.8) is 0 Å². The van der Waals surface area contributed by atoms with Gasteiger partial charge in [0.2, 0.25) is 0 Å². The average Bonchev–Trinajstić information content (AvgIpc) is 2.70. The lowest BCUT2D eigenvalue weighted by atomic mass is 10.2. The Labute approximate surface area is 119 Å². The molecule has 1 aromatic carbocycles. The quantitative estimate of drug-likeness (QED) is 0.873. The first-order valence-corrected chi connectivity index (χ1v) is 6.01. The Bertz CT molecular complexity index is 681. The zero-order valence-corrected chi connectivity index (χ0v) is 11.4. The summed E-state index contributed by atoms with van der Waals surface area (Å²) in [5.41, 5.74) is 9.62. The smallest absolute Gasteiger partial charge is 0.396 e. The van der Waals surface area contributed by atoms with Gasteiger partial charge in [0.05, 0.1) is 23.1 Å². The number of benzene rings is 1. The second-order valence-corrected chi connectivity index (χ2v) is 4.76. The fraction of sp³-hybridized carbons (Fsp3) is 0.0909. The lowest BCUT2D eigenvalue weighted by Gasteiger charge is -2.11. The second-order valence-electron chi connectivity index (χ2n) is 3.90. The van der Waals surface area contributed by atoms with E-state index in [1.165, 1.54) is 18.3 Å². The average molecular weight is 349 g/mol. The molecule has 2 rings (SSSR count). The number of rotatable bonds is 2. The number of carbonyl (C=O) groups excluding carboxylic acids is 1. The number of nitrogens with zero attached hydrogens (tertiary/aromatic N) is 2. The summed E-state index contributed by atoms with van der Waals surface area (Å²) in [4.78, 5) is 11.0. The number of nitrogen functional groups attached to an aromatic ring is 1. The van der Waals surface area contributed by atoms with Gasteiger partial charge in [0.15, 0.2) is 5.69 Å². The van der Waals surface area contributed by atoms with E-state index in [1.807, 2.05) is 0 Å². The molecule has 9 heteroatoms. The van der Waals surface area contributed by atoms with E-state index in [2.05, 4.69) is 21.0 Å². The minimum atomic E-state index is -4.51. The summed E-state index contributed by atoms with van der Waals surface area (Å²) in [6, 6.07) is 3.53. The number of carbonyl (C=O) groups is 1. The van der Waals surface area contributed by atoms with Crippen LogP contribution in [0.15, 0.2) is 28.9 Å². The van der Waals surface area contributed by atoms with Crippen molar-refractivity contribution in [1.82, 2.24) is 9.78 Å². The third kappa shape index (κ3) is 2.62. The van der Waals surface area contributed by atoms with Gasteiger partial charge in [-0.1, -0.05) is 15.9 Å². The first-order chi connectivity index (χ1) is 9.20. The van der Waals surface area contributed by atoms with Crippen LogP contribution in [0.4, 0.5) is 18.9 Å². The number of nitrogens with two attached hydrogens (primary N) is 2. The van der Waals surface area contributed by atoms with Crippen molar-refractivity contribution in [2.45, 2.75) is 6.18 Å². The van der Waals surface area contributed by atoms with Crippen molar-refractivity contribution in [2.75, 3.05) is 5.73 Å². The van der Waals surface area contributed by atoms with Gasteiger partial charge in [-0.05, 0) is 18.2 Å². The normalized spacial score (nSPS) is 11.6. The summed E-state index contributed by atoms with van der Waals surface area (Å²) >= 11 is 2.83. The largest absolute Gasteiger partial charge is 0.417 e. The van der Waals surface area contributed by atoms with E-state index in [9.17, 15) is 18.0 Å². The summed E-state index contributed by atoms with van der Waals surface area (Å²) in [5.74, 6) is -0.852. The van der Waals surface area contributed by atoms with Gasteiger partial charge in [0.25, 0.3) is 5.91 Å². The molecule has 0 saturated heterocycles. The number of anilines is 1. The van der Waals surface area contributed by atoms with E-state index >= 15 is 0 Å². The van der Waals surface area contributed by atoms with Crippen LogP contribution in [0.1, 0.15) is 16.1 Å². The van der Waals surface area contributed by atoms with Crippen molar-refractivity contribution in [2.24, 2.45) is 5.73 Å². The van der Waals surface area contributed by atoms with Crippen LogP contribution >= 0.6 is 15.9 Å². The van der Waals surface area contributed by atoms with Gasteiger partial charge >= 0.3 is 6.18 Å². The van der Waals surface area contributed by atoms with Crippen LogP contribution in [-0.2, 0) is 6.18 Å². The van der Waals surface area contributed by atoms with Crippen LogP contribution in [-0.4, -0.2) is 15.7 Å². The molecule has 0 aliphatic rings. The highest BCUT2D eigenvalue weighted by Gasteiger charge is 2.33. The Kier molecular flexibility index (Phi) is 3.46. The summed E-state index contributed by atoms with van der Waals surface area (Å²) in [6.45, 7) is 0. The van der Waals surface area contributed by atoms with Gasteiger partial charge in [-0.3, -0.25) is 4.79 Å².